The first kappa shape index (κ1) is 13.7. The Hall–Kier alpha value is -1.31. The average Bonchev–Trinajstić information content (AvgIpc) is 2.18. The van der Waals surface area contributed by atoms with E-state index in [2.05, 4.69) is 20.2 Å². The first-order valence-electron chi connectivity index (χ1n) is 4.14. The maximum absolute atomic E-state index is 11.3. The number of halogens is 1. The minimum atomic E-state index is -1.99. The van der Waals surface area contributed by atoms with Crippen molar-refractivity contribution in [1.29, 1.82) is 0 Å². The summed E-state index contributed by atoms with van der Waals surface area (Å²) in [4.78, 5) is 8.34. The number of hydrogen-bond acceptors (Lipinski definition) is 6. The molecule has 0 unspecified atom stereocenters. The maximum atomic E-state index is 11.3. The lowest BCUT2D eigenvalue weighted by Crippen LogP contribution is -2.41. The quantitative estimate of drug-likeness (QED) is 0.176. The molecule has 0 N–H and O–H groups in total. The molecule has 88 valence electrons. The van der Waals surface area contributed by atoms with Crippen LogP contribution >= 0.6 is 11.6 Å². The van der Waals surface area contributed by atoms with Crippen molar-refractivity contribution in [3.05, 3.63) is 10.4 Å². The van der Waals surface area contributed by atoms with Crippen molar-refractivity contribution >= 4 is 11.6 Å². The molecule has 0 aromatic heterocycles. The summed E-state index contributed by atoms with van der Waals surface area (Å²) in [5, 5.41) is 26.6. The Morgan fingerprint density at radius 1 is 1.20 bits per heavy atom. The second-order valence-electron chi connectivity index (χ2n) is 2.54. The Balaban J connectivity index is 5.04. The van der Waals surface area contributed by atoms with E-state index in [-0.39, 0.29) is 16.1 Å². The molecule has 0 radical (unpaired) electrons. The lowest BCUT2D eigenvalue weighted by atomic mass is 10.3. The van der Waals surface area contributed by atoms with Crippen LogP contribution in [0.1, 0.15) is 19.8 Å². The minimum absolute atomic E-state index is 0.0429. The molecule has 0 aliphatic rings. The molecule has 0 saturated carbocycles. The first-order valence-corrected chi connectivity index (χ1v) is 4.52. The van der Waals surface area contributed by atoms with Crippen molar-refractivity contribution < 1.29 is 19.4 Å². The van der Waals surface area contributed by atoms with Crippen molar-refractivity contribution in [2.75, 3.05) is 14.2 Å². The van der Waals surface area contributed by atoms with Gasteiger partial charge >= 0.3 is 5.12 Å². The van der Waals surface area contributed by atoms with Gasteiger partial charge in [0.2, 0.25) is 10.6 Å². The summed E-state index contributed by atoms with van der Waals surface area (Å²) in [5.74, 6) is 0. The fourth-order valence-corrected chi connectivity index (χ4v) is 1.11. The highest BCUT2D eigenvalue weighted by Crippen LogP contribution is 2.24. The van der Waals surface area contributed by atoms with Crippen molar-refractivity contribution in [3.8, 4) is 0 Å². The van der Waals surface area contributed by atoms with Crippen molar-refractivity contribution in [1.82, 2.24) is 0 Å². The van der Waals surface area contributed by atoms with E-state index < -0.39 is 5.12 Å². The van der Waals surface area contributed by atoms with Crippen molar-refractivity contribution in [2.45, 2.75) is 24.9 Å². The van der Waals surface area contributed by atoms with E-state index in [4.69, 9.17) is 11.6 Å². The normalized spacial score (nSPS) is 17.1. The molecular formula is C6H13ClN4O4. The van der Waals surface area contributed by atoms with Crippen molar-refractivity contribution in [2.24, 2.45) is 10.6 Å². The number of alkyl halides is 1. The smallest absolute Gasteiger partial charge is 0.504 e. The number of hydrogen-bond donors (Lipinski definition) is 0. The maximum Gasteiger partial charge on any atom is 0.504 e. The monoisotopic (exact) mass is 240 g/mol. The highest BCUT2D eigenvalue weighted by atomic mass is 35.5. The third-order valence-electron chi connectivity index (χ3n) is 1.47. The van der Waals surface area contributed by atoms with E-state index >= 15 is 0 Å². The molecule has 8 nitrogen and oxygen atoms in total. The van der Waals surface area contributed by atoms with Crippen LogP contribution in [-0.2, 0) is 9.68 Å². The van der Waals surface area contributed by atoms with Gasteiger partial charge in [0.25, 0.3) is 0 Å². The molecule has 0 bridgehead atoms. The fraction of sp³-hybridized carbons (Fsp3) is 1.00. The predicted molar refractivity (Wildman–Crippen MR) is 49.6 cm³/mol. The van der Waals surface area contributed by atoms with Crippen LogP contribution in [0.4, 0.5) is 0 Å². The van der Waals surface area contributed by atoms with Crippen LogP contribution in [-0.4, -0.2) is 29.1 Å². The average molecular weight is 241 g/mol. The number of hydroxylamine groups is 2. The van der Waals surface area contributed by atoms with Crippen LogP contribution in [0.2, 0.25) is 0 Å². The summed E-state index contributed by atoms with van der Waals surface area (Å²) in [6, 6.07) is 0. The zero-order chi connectivity index (χ0) is 11.9. The predicted octanol–water partition coefficient (Wildman–Crippen LogP) is 1.73. The van der Waals surface area contributed by atoms with Gasteiger partial charge in [-0.2, -0.15) is 0 Å². The molecular weight excluding hydrogens is 228 g/mol. The van der Waals surface area contributed by atoms with E-state index in [9.17, 15) is 10.4 Å². The highest BCUT2D eigenvalue weighted by Gasteiger charge is 2.50. The molecule has 0 aromatic carbocycles. The van der Waals surface area contributed by atoms with Gasteiger partial charge in [-0.3, -0.25) is 0 Å². The third kappa shape index (κ3) is 3.39. The van der Waals surface area contributed by atoms with Crippen LogP contribution in [0.25, 0.3) is 0 Å². The van der Waals surface area contributed by atoms with Crippen LogP contribution in [0.15, 0.2) is 10.6 Å². The second kappa shape index (κ2) is 6.23. The molecule has 0 atom stereocenters. The number of rotatable bonds is 6. The third-order valence-corrected chi connectivity index (χ3v) is 1.94. The van der Waals surface area contributed by atoms with Gasteiger partial charge < -0.3 is 20.1 Å². The Morgan fingerprint density at radius 2 is 1.60 bits per heavy atom. The Bertz CT molecular complexity index is 238. The van der Waals surface area contributed by atoms with Gasteiger partial charge in [-0.15, -0.1) is 0 Å². The van der Waals surface area contributed by atoms with Crippen molar-refractivity contribution in [3.63, 3.8) is 0 Å². The molecule has 0 saturated heterocycles. The molecule has 0 heterocycles. The van der Waals surface area contributed by atoms with E-state index in [0.29, 0.717) is 6.42 Å². The lowest BCUT2D eigenvalue weighted by molar-refractivity contribution is -0.819. The largest absolute Gasteiger partial charge is 0.591 e. The van der Waals surface area contributed by atoms with Gasteiger partial charge in [0.15, 0.2) is 0 Å². The summed E-state index contributed by atoms with van der Waals surface area (Å²) in [5.41, 5.74) is 0. The van der Waals surface area contributed by atoms with Crippen LogP contribution in [0, 0.1) is 10.4 Å². The summed E-state index contributed by atoms with van der Waals surface area (Å²) >= 11 is 5.78. The summed E-state index contributed by atoms with van der Waals surface area (Å²) < 4.78 is 0. The lowest BCUT2D eigenvalue weighted by Gasteiger charge is -2.16. The SMILES string of the molecule is CCCC(Cl)([N+]([O-])=NOC)[N+]([O-])=NOC. The van der Waals surface area contributed by atoms with Gasteiger partial charge in [-0.05, 0) is 6.42 Å². The molecule has 0 aliphatic carbocycles. The van der Waals surface area contributed by atoms with E-state index in [1.807, 2.05) is 0 Å². The van der Waals surface area contributed by atoms with Gasteiger partial charge in [-0.25, -0.2) is 0 Å². The molecule has 0 fully saturated rings. The summed E-state index contributed by atoms with van der Waals surface area (Å²) in [7, 11) is 2.33. The number of nitrogens with zero attached hydrogens (tertiary/aromatic N) is 4. The standard InChI is InChI=1S/C6H13ClN4O4/c1-4-5-6(7,10(12)8-14-2)11(13)9-15-3/h4-5H2,1-3H3. The summed E-state index contributed by atoms with van der Waals surface area (Å²) in [6.07, 6.45) is 0.528. The van der Waals surface area contributed by atoms with Crippen LogP contribution in [0.3, 0.4) is 0 Å². The summed E-state index contributed by atoms with van der Waals surface area (Å²) in [6.45, 7) is 1.75. The molecule has 0 aliphatic heterocycles. The Morgan fingerprint density at radius 3 is 1.87 bits per heavy atom. The van der Waals surface area contributed by atoms with Gasteiger partial charge in [-0.1, -0.05) is 6.92 Å². The van der Waals surface area contributed by atoms with Crippen LogP contribution < -0.4 is 0 Å². The molecule has 0 aromatic rings. The van der Waals surface area contributed by atoms with Crippen LogP contribution in [0.5, 0.6) is 0 Å². The molecule has 0 rings (SSSR count). The van der Waals surface area contributed by atoms with E-state index in [1.54, 1.807) is 6.92 Å². The molecule has 0 spiro atoms. The zero-order valence-electron chi connectivity index (χ0n) is 8.71. The highest BCUT2D eigenvalue weighted by molar-refractivity contribution is 6.21. The molecule has 9 heteroatoms. The first-order chi connectivity index (χ1) is 7.02. The zero-order valence-corrected chi connectivity index (χ0v) is 9.47. The minimum Gasteiger partial charge on any atom is -0.591 e. The van der Waals surface area contributed by atoms with Gasteiger partial charge in [0.05, 0.1) is 0 Å². The second-order valence-corrected chi connectivity index (χ2v) is 3.15. The van der Waals surface area contributed by atoms with Gasteiger partial charge in [0.1, 0.15) is 20.6 Å². The van der Waals surface area contributed by atoms with E-state index in [0.717, 1.165) is 14.2 Å². The molecule has 0 amide bonds. The topological polar surface area (TPSA) is 95.3 Å². The Kier molecular flexibility index (Phi) is 5.68. The van der Waals surface area contributed by atoms with Gasteiger partial charge in [0, 0.05) is 21.3 Å². The Labute approximate surface area is 91.8 Å². The van der Waals surface area contributed by atoms with E-state index in [1.165, 1.54) is 0 Å². The fourth-order valence-electron chi connectivity index (χ4n) is 0.856. The molecule has 15 heavy (non-hydrogen) atoms.